The fourth-order valence-corrected chi connectivity index (χ4v) is 1.87. The van der Waals surface area contributed by atoms with Crippen LogP contribution in [0.3, 0.4) is 0 Å². The van der Waals surface area contributed by atoms with Gasteiger partial charge in [0, 0.05) is 10.5 Å². The Bertz CT molecular complexity index is 376. The molecule has 0 aromatic heterocycles. The fraction of sp³-hybridized carbons (Fsp3) is 0.500. The van der Waals surface area contributed by atoms with Crippen molar-refractivity contribution in [2.45, 2.75) is 26.7 Å². The molecule has 0 spiro atoms. The second-order valence-electron chi connectivity index (χ2n) is 3.80. The van der Waals surface area contributed by atoms with E-state index in [1.165, 1.54) is 0 Å². The van der Waals surface area contributed by atoms with E-state index in [0.717, 1.165) is 30.4 Å². The van der Waals surface area contributed by atoms with Crippen LogP contribution < -0.4 is 0 Å². The summed E-state index contributed by atoms with van der Waals surface area (Å²) in [6.07, 6.45) is 1.96. The van der Waals surface area contributed by atoms with Crippen molar-refractivity contribution in [2.24, 2.45) is 5.22 Å². The van der Waals surface area contributed by atoms with Gasteiger partial charge < -0.3 is 5.21 Å². The molecule has 0 amide bonds. The second kappa shape index (κ2) is 7.27. The van der Waals surface area contributed by atoms with Crippen LogP contribution in [0.1, 0.15) is 26.7 Å². The predicted octanol–water partition coefficient (Wildman–Crippen LogP) is 4.08. The zero-order valence-electron chi connectivity index (χ0n) is 10.3. The first-order chi connectivity index (χ1) is 8.17. The van der Waals surface area contributed by atoms with Crippen molar-refractivity contribution in [3.63, 3.8) is 0 Å². The molecular weight excluding hydrogens is 282 g/mol. The molecule has 0 N–H and O–H groups in total. The molecule has 4 nitrogen and oxygen atoms in total. The lowest BCUT2D eigenvalue weighted by atomic mass is 10.3. The molecule has 0 atom stereocenters. The summed E-state index contributed by atoms with van der Waals surface area (Å²) in [6.45, 7) is 5.76. The van der Waals surface area contributed by atoms with Gasteiger partial charge in [-0.05, 0) is 25.0 Å². The van der Waals surface area contributed by atoms with E-state index in [-0.39, 0.29) is 0 Å². The van der Waals surface area contributed by atoms with E-state index in [1.807, 2.05) is 17.1 Å². The van der Waals surface area contributed by atoms with Gasteiger partial charge in [-0.3, -0.25) is 0 Å². The van der Waals surface area contributed by atoms with Gasteiger partial charge in [-0.15, -0.1) is 4.86 Å². The number of nitrogens with zero attached hydrogens (tertiary/aromatic N) is 3. The van der Waals surface area contributed by atoms with E-state index in [0.29, 0.717) is 10.5 Å². The molecule has 5 heteroatoms. The van der Waals surface area contributed by atoms with Crippen molar-refractivity contribution < 1.29 is 4.86 Å². The summed E-state index contributed by atoms with van der Waals surface area (Å²) in [7, 11) is 0. The molecule has 1 rings (SSSR count). The predicted molar refractivity (Wildman–Crippen MR) is 72.0 cm³/mol. The molecule has 1 aromatic rings. The minimum Gasteiger partial charge on any atom is -0.691 e. The van der Waals surface area contributed by atoms with Gasteiger partial charge in [0.25, 0.3) is 0 Å². The van der Waals surface area contributed by atoms with Crippen LogP contribution in [-0.2, 0) is 0 Å². The van der Waals surface area contributed by atoms with Crippen LogP contribution in [0.15, 0.2) is 34.0 Å². The van der Waals surface area contributed by atoms with Crippen molar-refractivity contribution in [3.05, 3.63) is 33.9 Å². The number of benzene rings is 1. The van der Waals surface area contributed by atoms with Crippen LogP contribution in [0.25, 0.3) is 0 Å². The topological polar surface area (TPSA) is 41.7 Å². The molecule has 0 saturated heterocycles. The number of hydrogen-bond donors (Lipinski definition) is 0. The second-order valence-corrected chi connectivity index (χ2v) is 4.71. The zero-order valence-corrected chi connectivity index (χ0v) is 11.9. The van der Waals surface area contributed by atoms with Gasteiger partial charge in [-0.1, -0.05) is 35.8 Å². The van der Waals surface area contributed by atoms with E-state index in [9.17, 15) is 5.21 Å². The SMILES string of the molecule is CCCN(CCC)/N=[N+](\[O-])c1cccc(Br)c1. The van der Waals surface area contributed by atoms with Gasteiger partial charge in [0.2, 0.25) is 0 Å². The molecule has 0 aliphatic heterocycles. The van der Waals surface area contributed by atoms with E-state index < -0.39 is 0 Å². The molecule has 0 heterocycles. The van der Waals surface area contributed by atoms with Crippen molar-refractivity contribution in [1.82, 2.24) is 5.01 Å². The zero-order chi connectivity index (χ0) is 12.7. The summed E-state index contributed by atoms with van der Waals surface area (Å²) >= 11 is 3.34. The van der Waals surface area contributed by atoms with Crippen LogP contribution in [0.2, 0.25) is 0 Å². The lowest BCUT2D eigenvalue weighted by molar-refractivity contribution is -0.462. The quantitative estimate of drug-likeness (QED) is 0.451. The highest BCUT2D eigenvalue weighted by atomic mass is 79.9. The van der Waals surface area contributed by atoms with Crippen LogP contribution >= 0.6 is 15.9 Å². The lowest BCUT2D eigenvalue weighted by Crippen LogP contribution is -2.21. The third-order valence-corrected chi connectivity index (χ3v) is 2.69. The summed E-state index contributed by atoms with van der Waals surface area (Å²) in [5.74, 6) is 0. The van der Waals surface area contributed by atoms with Crippen LogP contribution in [0.4, 0.5) is 5.69 Å². The third kappa shape index (κ3) is 4.73. The van der Waals surface area contributed by atoms with Gasteiger partial charge >= 0.3 is 0 Å². The van der Waals surface area contributed by atoms with Crippen LogP contribution in [0, 0.1) is 5.21 Å². The van der Waals surface area contributed by atoms with Crippen LogP contribution in [-0.4, -0.2) is 23.0 Å². The monoisotopic (exact) mass is 299 g/mol. The van der Waals surface area contributed by atoms with Gasteiger partial charge in [0.05, 0.1) is 5.22 Å². The smallest absolute Gasteiger partial charge is 0.155 e. The maximum atomic E-state index is 11.8. The summed E-state index contributed by atoms with van der Waals surface area (Å²) in [6, 6.07) is 7.21. The van der Waals surface area contributed by atoms with E-state index in [2.05, 4.69) is 35.0 Å². The maximum Gasteiger partial charge on any atom is 0.155 e. The molecule has 0 unspecified atom stereocenters. The first kappa shape index (κ1) is 14.0. The van der Waals surface area contributed by atoms with Crippen LogP contribution in [0.5, 0.6) is 0 Å². The Morgan fingerprint density at radius 1 is 1.29 bits per heavy atom. The molecule has 0 aliphatic carbocycles. The van der Waals surface area contributed by atoms with Gasteiger partial charge in [-0.25, -0.2) is 0 Å². The molecular formula is C12H18BrN3O. The summed E-state index contributed by atoms with van der Waals surface area (Å²) in [4.78, 5) is 0.677. The Labute approximate surface area is 111 Å². The highest BCUT2D eigenvalue weighted by Crippen LogP contribution is 2.18. The largest absolute Gasteiger partial charge is 0.691 e. The summed E-state index contributed by atoms with van der Waals surface area (Å²) in [5.41, 5.74) is 0.539. The van der Waals surface area contributed by atoms with Crippen molar-refractivity contribution >= 4 is 21.6 Å². The van der Waals surface area contributed by atoms with Gasteiger partial charge in [0.15, 0.2) is 5.69 Å². The van der Waals surface area contributed by atoms with Gasteiger partial charge in [-0.2, -0.15) is 5.01 Å². The third-order valence-electron chi connectivity index (χ3n) is 2.20. The molecule has 94 valence electrons. The number of hydrogen-bond acceptors (Lipinski definition) is 2. The normalized spacial score (nSPS) is 11.6. The maximum absolute atomic E-state index is 11.8. The van der Waals surface area contributed by atoms with Gasteiger partial charge in [0.1, 0.15) is 13.1 Å². The first-order valence-electron chi connectivity index (χ1n) is 5.86. The standard InChI is InChI=1S/C12H18BrN3O/c1-3-8-15(9-4-2)14-16(17)12-7-5-6-11(13)10-12/h5-7,10H,3-4,8-9H2,1-2H3/b16-14-. The Morgan fingerprint density at radius 3 is 2.47 bits per heavy atom. The molecule has 0 radical (unpaired) electrons. The summed E-state index contributed by atoms with van der Waals surface area (Å²) < 4.78 is 0.878. The Hall–Kier alpha value is -1.10. The fourth-order valence-electron chi connectivity index (χ4n) is 1.48. The molecule has 0 saturated carbocycles. The first-order valence-corrected chi connectivity index (χ1v) is 6.66. The summed E-state index contributed by atoms with van der Waals surface area (Å²) in [5, 5.41) is 17.7. The highest BCUT2D eigenvalue weighted by Gasteiger charge is 2.07. The minimum atomic E-state index is 0.539. The number of halogens is 1. The molecule has 0 aliphatic rings. The molecule has 0 bridgehead atoms. The van der Waals surface area contributed by atoms with Crippen molar-refractivity contribution in [2.75, 3.05) is 13.1 Å². The number of rotatable bonds is 6. The van der Waals surface area contributed by atoms with E-state index in [1.54, 1.807) is 12.1 Å². The van der Waals surface area contributed by atoms with Crippen molar-refractivity contribution in [1.29, 1.82) is 0 Å². The average molecular weight is 300 g/mol. The Kier molecular flexibility index (Phi) is 5.97. The van der Waals surface area contributed by atoms with E-state index >= 15 is 0 Å². The molecule has 1 aromatic carbocycles. The molecule has 17 heavy (non-hydrogen) atoms. The Morgan fingerprint density at radius 2 is 1.94 bits per heavy atom. The molecule has 0 fully saturated rings. The average Bonchev–Trinajstić information content (AvgIpc) is 2.29. The van der Waals surface area contributed by atoms with Crippen molar-refractivity contribution in [3.8, 4) is 0 Å². The Balaban J connectivity index is 2.81. The van der Waals surface area contributed by atoms with E-state index in [4.69, 9.17) is 0 Å². The lowest BCUT2D eigenvalue weighted by Gasteiger charge is -2.13. The highest BCUT2D eigenvalue weighted by molar-refractivity contribution is 9.10. The minimum absolute atomic E-state index is 0.539.